The molecule has 2 aromatic carbocycles. The summed E-state index contributed by atoms with van der Waals surface area (Å²) in [5.74, 6) is 1.84. The van der Waals surface area contributed by atoms with E-state index < -0.39 is 0 Å². The highest BCUT2D eigenvalue weighted by Gasteiger charge is 2.07. The number of hydrogen-bond acceptors (Lipinski definition) is 4. The third-order valence-electron chi connectivity index (χ3n) is 4.47. The zero-order valence-corrected chi connectivity index (χ0v) is 17.6. The molecule has 0 aliphatic heterocycles. The summed E-state index contributed by atoms with van der Waals surface area (Å²) in [5, 5.41) is 3.96. The van der Waals surface area contributed by atoms with Crippen LogP contribution in [0.15, 0.2) is 53.7 Å². The highest BCUT2D eigenvalue weighted by atomic mass is 16.6. The quantitative estimate of drug-likeness (QED) is 0.231. The first kappa shape index (κ1) is 21.5. The normalized spacial score (nSPS) is 11.7. The molecule has 0 saturated carbocycles. The van der Waals surface area contributed by atoms with Crippen LogP contribution >= 0.6 is 0 Å². The Morgan fingerprint density at radius 3 is 2.32 bits per heavy atom. The van der Waals surface area contributed by atoms with E-state index in [0.29, 0.717) is 13.2 Å². The summed E-state index contributed by atoms with van der Waals surface area (Å²) in [5.41, 5.74) is 5.45. The van der Waals surface area contributed by atoms with Crippen molar-refractivity contribution in [1.82, 2.24) is 0 Å². The number of aryl methyl sites for hydroxylation is 3. The van der Waals surface area contributed by atoms with Crippen molar-refractivity contribution in [2.45, 2.75) is 40.5 Å². The van der Waals surface area contributed by atoms with Crippen LogP contribution in [0.5, 0.6) is 11.5 Å². The molecule has 0 amide bonds. The number of ether oxygens (including phenoxy) is 2. The Morgan fingerprint density at radius 2 is 1.71 bits per heavy atom. The minimum atomic E-state index is 0.589. The number of benzene rings is 2. The highest BCUT2D eigenvalue weighted by Crippen LogP contribution is 2.28. The Kier molecular flexibility index (Phi) is 8.60. The fourth-order valence-corrected chi connectivity index (χ4v) is 3.01. The van der Waals surface area contributed by atoms with Crippen LogP contribution in [-0.4, -0.2) is 26.0 Å². The summed E-state index contributed by atoms with van der Waals surface area (Å²) in [7, 11) is 1.56. The van der Waals surface area contributed by atoms with E-state index in [1.54, 1.807) is 7.11 Å². The second-order valence-electron chi connectivity index (χ2n) is 6.77. The topological polar surface area (TPSA) is 40.0 Å². The van der Waals surface area contributed by atoms with Crippen molar-refractivity contribution >= 4 is 5.71 Å². The van der Waals surface area contributed by atoms with Crippen LogP contribution in [0.25, 0.3) is 0 Å². The molecule has 0 aliphatic carbocycles. The van der Waals surface area contributed by atoms with Gasteiger partial charge in [-0.2, -0.15) is 0 Å². The standard InChI is InChI=1S/C24H31NO3/c1-6-7-14-27-23-16-18(2)24(19(3)17-23)28-15-8-9-21-10-12-22(13-11-21)20(4)25-26-5/h6-7,10-13,16-17H,8-9,14-15H2,1-5H3/b7-6+,25-20?. The van der Waals surface area contributed by atoms with Gasteiger partial charge in [0.25, 0.3) is 0 Å². The minimum absolute atomic E-state index is 0.589. The SMILES string of the molecule is C/C=C/COc1cc(C)c(OCCCc2ccc(C(C)=NOC)cc2)c(C)c1. The van der Waals surface area contributed by atoms with Gasteiger partial charge < -0.3 is 14.3 Å². The number of oxime groups is 1. The molecule has 0 radical (unpaired) electrons. The molecule has 0 unspecified atom stereocenters. The van der Waals surface area contributed by atoms with Gasteiger partial charge in [0.1, 0.15) is 25.2 Å². The summed E-state index contributed by atoms with van der Waals surface area (Å²) in [6.45, 7) is 9.33. The molecule has 150 valence electrons. The lowest BCUT2D eigenvalue weighted by Crippen LogP contribution is -2.03. The molecule has 0 spiro atoms. The summed E-state index contributed by atoms with van der Waals surface area (Å²) >= 11 is 0. The molecule has 2 rings (SSSR count). The van der Waals surface area contributed by atoms with Crippen LogP contribution < -0.4 is 9.47 Å². The Labute approximate surface area is 168 Å². The zero-order chi connectivity index (χ0) is 20.4. The first-order valence-corrected chi connectivity index (χ1v) is 9.70. The third kappa shape index (κ3) is 6.45. The van der Waals surface area contributed by atoms with E-state index >= 15 is 0 Å². The maximum Gasteiger partial charge on any atom is 0.125 e. The summed E-state index contributed by atoms with van der Waals surface area (Å²) in [4.78, 5) is 4.82. The van der Waals surface area contributed by atoms with E-state index in [1.165, 1.54) is 5.56 Å². The van der Waals surface area contributed by atoms with Gasteiger partial charge in [0.15, 0.2) is 0 Å². The average Bonchev–Trinajstić information content (AvgIpc) is 2.67. The smallest absolute Gasteiger partial charge is 0.125 e. The Bertz CT molecular complexity index is 784. The van der Waals surface area contributed by atoms with E-state index in [9.17, 15) is 0 Å². The lowest BCUT2D eigenvalue weighted by Gasteiger charge is -2.14. The van der Waals surface area contributed by atoms with E-state index in [0.717, 1.165) is 46.7 Å². The first-order chi connectivity index (χ1) is 13.5. The van der Waals surface area contributed by atoms with Crippen LogP contribution in [0.4, 0.5) is 0 Å². The van der Waals surface area contributed by atoms with Crippen LogP contribution in [0.1, 0.15) is 42.5 Å². The molecule has 0 bridgehead atoms. The van der Waals surface area contributed by atoms with Crippen molar-refractivity contribution in [3.05, 3.63) is 70.8 Å². The second-order valence-corrected chi connectivity index (χ2v) is 6.77. The van der Waals surface area contributed by atoms with Crippen molar-refractivity contribution in [1.29, 1.82) is 0 Å². The van der Waals surface area contributed by atoms with Crippen LogP contribution in [0.3, 0.4) is 0 Å². The predicted molar refractivity (Wildman–Crippen MR) is 116 cm³/mol. The molecule has 0 aromatic heterocycles. The van der Waals surface area contributed by atoms with E-state index in [-0.39, 0.29) is 0 Å². The monoisotopic (exact) mass is 381 g/mol. The highest BCUT2D eigenvalue weighted by molar-refractivity contribution is 5.98. The van der Waals surface area contributed by atoms with Gasteiger partial charge in [0, 0.05) is 0 Å². The molecule has 0 atom stereocenters. The van der Waals surface area contributed by atoms with Crippen molar-refractivity contribution < 1.29 is 14.3 Å². The number of rotatable bonds is 10. The fourth-order valence-electron chi connectivity index (χ4n) is 3.01. The molecule has 2 aromatic rings. The molecular formula is C24H31NO3. The Balaban J connectivity index is 1.85. The summed E-state index contributed by atoms with van der Waals surface area (Å²) in [6, 6.07) is 12.5. The Morgan fingerprint density at radius 1 is 1.04 bits per heavy atom. The number of nitrogens with zero attached hydrogens (tertiary/aromatic N) is 1. The van der Waals surface area contributed by atoms with Crippen molar-refractivity contribution in [2.24, 2.45) is 5.16 Å². The van der Waals surface area contributed by atoms with Gasteiger partial charge in [-0.1, -0.05) is 41.6 Å². The maximum absolute atomic E-state index is 6.06. The molecule has 0 N–H and O–H groups in total. The summed E-state index contributed by atoms with van der Waals surface area (Å²) in [6.07, 6.45) is 5.92. The van der Waals surface area contributed by atoms with Crippen molar-refractivity contribution in [2.75, 3.05) is 20.3 Å². The van der Waals surface area contributed by atoms with Crippen molar-refractivity contribution in [3.63, 3.8) is 0 Å². The molecule has 4 heteroatoms. The van der Waals surface area contributed by atoms with Gasteiger partial charge in [-0.3, -0.25) is 0 Å². The molecule has 4 nitrogen and oxygen atoms in total. The lowest BCUT2D eigenvalue weighted by molar-refractivity contribution is 0.213. The van der Waals surface area contributed by atoms with Gasteiger partial charge in [-0.25, -0.2) is 0 Å². The van der Waals surface area contributed by atoms with Gasteiger partial charge >= 0.3 is 0 Å². The first-order valence-electron chi connectivity index (χ1n) is 9.70. The summed E-state index contributed by atoms with van der Waals surface area (Å²) < 4.78 is 11.8. The predicted octanol–water partition coefficient (Wildman–Crippen LogP) is 5.64. The molecule has 0 saturated heterocycles. The zero-order valence-electron chi connectivity index (χ0n) is 17.6. The Hall–Kier alpha value is -2.75. The number of allylic oxidation sites excluding steroid dienone is 1. The molecule has 28 heavy (non-hydrogen) atoms. The van der Waals surface area contributed by atoms with Crippen LogP contribution in [0, 0.1) is 13.8 Å². The molecular weight excluding hydrogens is 350 g/mol. The van der Waals surface area contributed by atoms with Crippen LogP contribution in [0.2, 0.25) is 0 Å². The fraction of sp³-hybridized carbons (Fsp3) is 0.375. The largest absolute Gasteiger partial charge is 0.493 e. The average molecular weight is 382 g/mol. The van der Waals surface area contributed by atoms with Gasteiger partial charge in [-0.05, 0) is 74.9 Å². The second kappa shape index (κ2) is 11.2. The van der Waals surface area contributed by atoms with E-state index in [1.807, 2.05) is 38.1 Å². The minimum Gasteiger partial charge on any atom is -0.493 e. The van der Waals surface area contributed by atoms with E-state index in [2.05, 4.69) is 43.3 Å². The molecule has 0 aliphatic rings. The maximum atomic E-state index is 6.06. The molecule has 0 heterocycles. The third-order valence-corrected chi connectivity index (χ3v) is 4.47. The van der Waals surface area contributed by atoms with Crippen molar-refractivity contribution in [3.8, 4) is 11.5 Å². The van der Waals surface area contributed by atoms with Gasteiger partial charge in [0.05, 0.1) is 12.3 Å². The van der Waals surface area contributed by atoms with Crippen LogP contribution in [-0.2, 0) is 11.3 Å². The lowest BCUT2D eigenvalue weighted by atomic mass is 10.1. The number of hydrogen-bond donors (Lipinski definition) is 0. The van der Waals surface area contributed by atoms with E-state index in [4.69, 9.17) is 14.3 Å². The van der Waals surface area contributed by atoms with Gasteiger partial charge in [0.2, 0.25) is 0 Å². The molecule has 0 fully saturated rings. The van der Waals surface area contributed by atoms with Gasteiger partial charge in [-0.15, -0.1) is 0 Å².